The van der Waals surface area contributed by atoms with Crippen molar-refractivity contribution in [1.29, 1.82) is 0 Å². The Kier molecular flexibility index (Phi) is 5.18. The number of pyridine rings is 1. The van der Waals surface area contributed by atoms with Crippen molar-refractivity contribution in [2.75, 3.05) is 26.2 Å². The van der Waals surface area contributed by atoms with Crippen LogP contribution >= 0.6 is 0 Å². The average molecular weight is 411 g/mol. The maximum Gasteiger partial charge on any atom is 0.263 e. The van der Waals surface area contributed by atoms with Crippen LogP contribution < -0.4 is 10.9 Å². The van der Waals surface area contributed by atoms with E-state index in [0.29, 0.717) is 50.0 Å². The fourth-order valence-electron chi connectivity index (χ4n) is 4.62. The first-order valence-corrected chi connectivity index (χ1v) is 11.2. The molecule has 1 saturated carbocycles. The van der Waals surface area contributed by atoms with E-state index in [2.05, 4.69) is 10.4 Å². The largest absolute Gasteiger partial charge is 0.336 e. The molecule has 0 aromatic carbocycles. The fourth-order valence-corrected chi connectivity index (χ4v) is 4.62. The highest BCUT2D eigenvalue weighted by Gasteiger charge is 2.31. The zero-order valence-corrected chi connectivity index (χ0v) is 17.6. The van der Waals surface area contributed by atoms with E-state index in [9.17, 15) is 9.59 Å². The number of hydrogen-bond acceptors (Lipinski definition) is 5. The summed E-state index contributed by atoms with van der Waals surface area (Å²) in [6.45, 7) is 6.25. The van der Waals surface area contributed by atoms with Crippen LogP contribution in [-0.4, -0.2) is 56.3 Å². The first kappa shape index (κ1) is 19.5. The Morgan fingerprint density at radius 2 is 2.10 bits per heavy atom. The van der Waals surface area contributed by atoms with Gasteiger partial charge >= 0.3 is 0 Å². The Labute approximate surface area is 176 Å². The van der Waals surface area contributed by atoms with Crippen molar-refractivity contribution in [2.24, 2.45) is 5.92 Å². The molecule has 1 aliphatic carbocycles. The molecule has 5 rings (SSSR count). The number of nitrogens with one attached hydrogen (secondary N) is 1. The molecule has 1 amide bonds. The first-order chi connectivity index (χ1) is 14.6. The normalized spacial score (nSPS) is 21.9. The lowest BCUT2D eigenvalue weighted by Crippen LogP contribution is -2.40. The Morgan fingerprint density at radius 1 is 1.23 bits per heavy atom. The van der Waals surface area contributed by atoms with Gasteiger partial charge in [-0.25, -0.2) is 9.67 Å². The highest BCUT2D eigenvalue weighted by molar-refractivity contribution is 5.95. The molecular formula is C22H30N6O2. The van der Waals surface area contributed by atoms with Crippen LogP contribution in [0.1, 0.15) is 59.2 Å². The predicted molar refractivity (Wildman–Crippen MR) is 113 cm³/mol. The van der Waals surface area contributed by atoms with Gasteiger partial charge in [-0.05, 0) is 63.2 Å². The Bertz CT molecular complexity index is 974. The molecule has 0 bridgehead atoms. The zero-order chi connectivity index (χ0) is 20.7. The molecule has 2 aliphatic heterocycles. The summed E-state index contributed by atoms with van der Waals surface area (Å²) in [5.74, 6) is 2.72. The van der Waals surface area contributed by atoms with Gasteiger partial charge in [0, 0.05) is 38.2 Å². The maximum atomic E-state index is 13.3. The Balaban J connectivity index is 1.33. The van der Waals surface area contributed by atoms with Crippen LogP contribution in [0.4, 0.5) is 0 Å². The zero-order valence-electron chi connectivity index (χ0n) is 17.6. The van der Waals surface area contributed by atoms with Gasteiger partial charge in [0.05, 0.1) is 6.54 Å². The number of rotatable bonds is 4. The van der Waals surface area contributed by atoms with E-state index in [1.807, 2.05) is 23.9 Å². The summed E-state index contributed by atoms with van der Waals surface area (Å²) in [7, 11) is 0. The lowest BCUT2D eigenvalue weighted by atomic mass is 9.99. The van der Waals surface area contributed by atoms with Crippen molar-refractivity contribution in [3.8, 4) is 0 Å². The van der Waals surface area contributed by atoms with Gasteiger partial charge in [0.2, 0.25) is 0 Å². The van der Waals surface area contributed by atoms with Gasteiger partial charge < -0.3 is 14.8 Å². The molecule has 8 nitrogen and oxygen atoms in total. The minimum absolute atomic E-state index is 0.165. The summed E-state index contributed by atoms with van der Waals surface area (Å²) < 4.78 is 3.68. The van der Waals surface area contributed by atoms with E-state index in [4.69, 9.17) is 4.98 Å². The van der Waals surface area contributed by atoms with Gasteiger partial charge in [-0.2, -0.15) is 5.10 Å². The lowest BCUT2D eigenvalue weighted by Gasteiger charge is -2.24. The van der Waals surface area contributed by atoms with Gasteiger partial charge in [0.1, 0.15) is 11.4 Å². The minimum atomic E-state index is -0.165. The number of aromatic nitrogens is 4. The second-order valence-electron chi connectivity index (χ2n) is 8.97. The van der Waals surface area contributed by atoms with Gasteiger partial charge in [-0.15, -0.1) is 0 Å². The second-order valence-corrected chi connectivity index (χ2v) is 8.97. The summed E-state index contributed by atoms with van der Waals surface area (Å²) in [5, 5.41) is 8.05. The molecule has 1 N–H and O–H groups in total. The molecule has 1 unspecified atom stereocenters. The molecule has 1 saturated heterocycles. The fraction of sp³-hybridized carbons (Fsp3) is 0.636. The molecule has 30 heavy (non-hydrogen) atoms. The van der Waals surface area contributed by atoms with E-state index in [1.165, 1.54) is 12.8 Å². The number of aryl methyl sites for hydroxylation is 1. The van der Waals surface area contributed by atoms with E-state index >= 15 is 0 Å². The van der Waals surface area contributed by atoms with E-state index in [1.54, 1.807) is 9.47 Å². The van der Waals surface area contributed by atoms with Crippen molar-refractivity contribution in [2.45, 2.75) is 58.0 Å². The Morgan fingerprint density at radius 3 is 2.87 bits per heavy atom. The summed E-state index contributed by atoms with van der Waals surface area (Å²) in [5.41, 5.74) is 0.897. The van der Waals surface area contributed by atoms with Gasteiger partial charge in [0.25, 0.3) is 11.5 Å². The summed E-state index contributed by atoms with van der Waals surface area (Å²) in [4.78, 5) is 33.0. The van der Waals surface area contributed by atoms with Crippen LogP contribution in [0.15, 0.2) is 17.1 Å². The topological polar surface area (TPSA) is 85.1 Å². The minimum Gasteiger partial charge on any atom is -0.336 e. The first-order valence-electron chi connectivity index (χ1n) is 11.2. The standard InChI is InChI=1S/C22H30N6O2/c1-15-6-9-27(14-16-3-2-8-23-13-16)22(30)19(15)21(29)26-10-7-18-24-20(17-4-5-17)25-28(18)12-11-26/h6,9,16-17,23H,2-5,7-8,10-14H2,1H3. The van der Waals surface area contributed by atoms with Crippen LogP contribution in [0.3, 0.4) is 0 Å². The van der Waals surface area contributed by atoms with Gasteiger partial charge in [0.15, 0.2) is 5.82 Å². The smallest absolute Gasteiger partial charge is 0.263 e. The van der Waals surface area contributed by atoms with Crippen LogP contribution in [0, 0.1) is 12.8 Å². The van der Waals surface area contributed by atoms with Crippen LogP contribution in [0.2, 0.25) is 0 Å². The molecule has 1 atom stereocenters. The van der Waals surface area contributed by atoms with E-state index in [-0.39, 0.29) is 11.5 Å². The van der Waals surface area contributed by atoms with Crippen LogP contribution in [0.5, 0.6) is 0 Å². The second kappa shape index (κ2) is 7.98. The molecule has 3 aliphatic rings. The molecule has 160 valence electrons. The van der Waals surface area contributed by atoms with Crippen molar-refractivity contribution in [3.63, 3.8) is 0 Å². The third kappa shape index (κ3) is 3.80. The average Bonchev–Trinajstić information content (AvgIpc) is 3.55. The van der Waals surface area contributed by atoms with Crippen LogP contribution in [0.25, 0.3) is 0 Å². The number of amides is 1. The molecule has 0 spiro atoms. The molecule has 2 aromatic heterocycles. The number of fused-ring (bicyclic) bond motifs is 1. The van der Waals surface area contributed by atoms with Crippen molar-refractivity contribution < 1.29 is 4.79 Å². The third-order valence-corrected chi connectivity index (χ3v) is 6.62. The maximum absolute atomic E-state index is 13.3. The number of hydrogen-bond donors (Lipinski definition) is 1. The summed E-state index contributed by atoms with van der Waals surface area (Å²) >= 11 is 0. The van der Waals surface area contributed by atoms with Gasteiger partial charge in [-0.3, -0.25) is 9.59 Å². The molecule has 0 radical (unpaired) electrons. The molecule has 2 aromatic rings. The molecular weight excluding hydrogens is 380 g/mol. The molecule has 8 heteroatoms. The SMILES string of the molecule is Cc1ccn(CC2CCCNC2)c(=O)c1C(=O)N1CCc2nc(C3CC3)nn2CC1. The third-order valence-electron chi connectivity index (χ3n) is 6.62. The molecule has 4 heterocycles. The van der Waals surface area contributed by atoms with Crippen molar-refractivity contribution in [1.82, 2.24) is 29.5 Å². The van der Waals surface area contributed by atoms with Crippen LogP contribution in [-0.2, 0) is 19.5 Å². The quantitative estimate of drug-likeness (QED) is 0.822. The molecule has 2 fully saturated rings. The predicted octanol–water partition coefficient (Wildman–Crippen LogP) is 1.32. The lowest BCUT2D eigenvalue weighted by molar-refractivity contribution is 0.0754. The number of nitrogens with zero attached hydrogens (tertiary/aromatic N) is 5. The highest BCUT2D eigenvalue weighted by atomic mass is 16.2. The number of carbonyl (C=O) groups is 1. The number of carbonyl (C=O) groups excluding carboxylic acids is 1. The highest BCUT2D eigenvalue weighted by Crippen LogP contribution is 2.38. The summed E-state index contributed by atoms with van der Waals surface area (Å²) in [6, 6.07) is 1.90. The van der Waals surface area contributed by atoms with Crippen molar-refractivity contribution in [3.05, 3.63) is 45.4 Å². The van der Waals surface area contributed by atoms with E-state index < -0.39 is 0 Å². The number of piperidine rings is 1. The monoisotopic (exact) mass is 410 g/mol. The van der Waals surface area contributed by atoms with Gasteiger partial charge in [-0.1, -0.05) is 0 Å². The summed E-state index contributed by atoms with van der Waals surface area (Å²) in [6.07, 6.45) is 7.14. The Hall–Kier alpha value is -2.48. The van der Waals surface area contributed by atoms with Crippen molar-refractivity contribution >= 4 is 5.91 Å². The van der Waals surface area contributed by atoms with E-state index in [0.717, 1.165) is 43.1 Å².